The summed E-state index contributed by atoms with van der Waals surface area (Å²) < 4.78 is 0.846. The molecular formula is C21H24BrN3O3S. The number of thiazole rings is 1. The fourth-order valence-corrected chi connectivity index (χ4v) is 4.85. The number of aliphatic hydroxyl groups is 1. The van der Waals surface area contributed by atoms with Crippen molar-refractivity contribution in [2.45, 2.75) is 26.3 Å². The molecule has 29 heavy (non-hydrogen) atoms. The second-order valence-corrected chi connectivity index (χ2v) is 9.47. The van der Waals surface area contributed by atoms with Crippen LogP contribution in [0.2, 0.25) is 0 Å². The number of benzene rings is 1. The number of rotatable bonds is 7. The number of halogens is 1. The summed E-state index contributed by atoms with van der Waals surface area (Å²) >= 11 is 4.75. The van der Waals surface area contributed by atoms with E-state index in [-0.39, 0.29) is 11.4 Å². The Bertz CT molecular complexity index is 983. The van der Waals surface area contributed by atoms with Crippen LogP contribution in [0.1, 0.15) is 38.4 Å². The van der Waals surface area contributed by atoms with Gasteiger partial charge in [0.25, 0.3) is 5.91 Å². The van der Waals surface area contributed by atoms with E-state index in [0.717, 1.165) is 28.0 Å². The number of aliphatic hydroxyl groups excluding tert-OH is 1. The number of carbonyl (C=O) groups is 2. The minimum Gasteiger partial charge on any atom is -0.503 e. The molecule has 0 saturated heterocycles. The monoisotopic (exact) mass is 477 g/mol. The molecule has 1 aromatic heterocycles. The third-order valence-electron chi connectivity index (χ3n) is 4.83. The largest absolute Gasteiger partial charge is 0.503 e. The van der Waals surface area contributed by atoms with Crippen molar-refractivity contribution in [2.24, 2.45) is 0 Å². The molecule has 2 aromatic rings. The lowest BCUT2D eigenvalue weighted by Gasteiger charge is -2.27. The number of amides is 1. The Morgan fingerprint density at radius 3 is 2.66 bits per heavy atom. The Morgan fingerprint density at radius 2 is 2.07 bits per heavy atom. The molecule has 1 aliphatic rings. The van der Waals surface area contributed by atoms with Gasteiger partial charge in [-0.15, -0.1) is 11.3 Å². The fourth-order valence-electron chi connectivity index (χ4n) is 3.56. The van der Waals surface area contributed by atoms with Gasteiger partial charge in [0.05, 0.1) is 27.2 Å². The SMILES string of the molecule is Cc1nc(C)c(C(=O)C2=C(O)C(=O)N(CCCN(C)C)[C@H]2c2cccc(Br)c2)s1. The average Bonchev–Trinajstić information content (AvgIpc) is 3.11. The van der Waals surface area contributed by atoms with Gasteiger partial charge in [0.1, 0.15) is 0 Å². The van der Waals surface area contributed by atoms with Gasteiger partial charge in [-0.2, -0.15) is 0 Å². The first-order valence-electron chi connectivity index (χ1n) is 9.33. The Balaban J connectivity index is 2.05. The molecule has 0 fully saturated rings. The second kappa shape index (κ2) is 8.77. The Morgan fingerprint density at radius 1 is 1.34 bits per heavy atom. The molecule has 8 heteroatoms. The van der Waals surface area contributed by atoms with E-state index in [2.05, 4.69) is 20.9 Å². The van der Waals surface area contributed by atoms with Crippen LogP contribution < -0.4 is 0 Å². The van der Waals surface area contributed by atoms with Gasteiger partial charge in [-0.3, -0.25) is 9.59 Å². The summed E-state index contributed by atoms with van der Waals surface area (Å²) in [6, 6.07) is 6.88. The number of ketones is 1. The van der Waals surface area contributed by atoms with Crippen LogP contribution in [0.5, 0.6) is 0 Å². The summed E-state index contributed by atoms with van der Waals surface area (Å²) in [6.07, 6.45) is 0.733. The zero-order chi connectivity index (χ0) is 21.3. The molecule has 1 amide bonds. The van der Waals surface area contributed by atoms with Crippen LogP contribution in [0.4, 0.5) is 0 Å². The molecule has 6 nitrogen and oxygen atoms in total. The zero-order valence-electron chi connectivity index (χ0n) is 16.9. The van der Waals surface area contributed by atoms with E-state index in [1.807, 2.05) is 50.2 Å². The van der Waals surface area contributed by atoms with Crippen LogP contribution >= 0.6 is 27.3 Å². The van der Waals surface area contributed by atoms with Gasteiger partial charge in [-0.25, -0.2) is 4.98 Å². The third kappa shape index (κ3) is 4.44. The Labute approximate surface area is 183 Å². The summed E-state index contributed by atoms with van der Waals surface area (Å²) in [4.78, 5) is 34.7. The quantitative estimate of drug-likeness (QED) is 0.608. The lowest BCUT2D eigenvalue weighted by molar-refractivity contribution is -0.129. The molecule has 1 aliphatic heterocycles. The van der Waals surface area contributed by atoms with Crippen molar-refractivity contribution < 1.29 is 14.7 Å². The van der Waals surface area contributed by atoms with Crippen LogP contribution in [0, 0.1) is 13.8 Å². The summed E-state index contributed by atoms with van der Waals surface area (Å²) in [7, 11) is 3.94. The Hall–Kier alpha value is -2.03. The van der Waals surface area contributed by atoms with Crippen LogP contribution in [-0.2, 0) is 4.79 Å². The summed E-state index contributed by atoms with van der Waals surface area (Å²) in [5.41, 5.74) is 1.53. The minimum absolute atomic E-state index is 0.129. The number of hydrogen-bond donors (Lipinski definition) is 1. The number of carbonyl (C=O) groups excluding carboxylic acids is 2. The van der Waals surface area contributed by atoms with Crippen molar-refractivity contribution in [2.75, 3.05) is 27.2 Å². The van der Waals surface area contributed by atoms with Crippen LogP contribution in [-0.4, -0.2) is 58.8 Å². The molecule has 0 aliphatic carbocycles. The smallest absolute Gasteiger partial charge is 0.290 e. The first-order chi connectivity index (χ1) is 13.7. The third-order valence-corrected chi connectivity index (χ3v) is 6.39. The first kappa shape index (κ1) is 21.7. The highest BCUT2D eigenvalue weighted by atomic mass is 79.9. The van der Waals surface area contributed by atoms with Crippen LogP contribution in [0.15, 0.2) is 40.1 Å². The normalized spacial score (nSPS) is 17.0. The van der Waals surface area contributed by atoms with E-state index < -0.39 is 17.7 Å². The maximum atomic E-state index is 13.4. The van der Waals surface area contributed by atoms with Crippen LogP contribution in [0.25, 0.3) is 0 Å². The molecular weight excluding hydrogens is 454 g/mol. The summed E-state index contributed by atoms with van der Waals surface area (Å²) in [6.45, 7) is 4.85. The minimum atomic E-state index is -0.628. The molecule has 0 radical (unpaired) electrons. The highest BCUT2D eigenvalue weighted by Gasteiger charge is 2.44. The van der Waals surface area contributed by atoms with Gasteiger partial charge in [0.2, 0.25) is 5.78 Å². The molecule has 1 aromatic carbocycles. The molecule has 1 atom stereocenters. The topological polar surface area (TPSA) is 73.7 Å². The molecule has 0 saturated carbocycles. The lowest BCUT2D eigenvalue weighted by Crippen LogP contribution is -2.33. The van der Waals surface area contributed by atoms with Gasteiger partial charge >= 0.3 is 0 Å². The number of Topliss-reactive ketones (excluding diaryl/α,β-unsaturated/α-hetero) is 1. The fraction of sp³-hybridized carbons (Fsp3) is 0.381. The molecule has 154 valence electrons. The van der Waals surface area contributed by atoms with E-state index in [0.29, 0.717) is 17.1 Å². The maximum Gasteiger partial charge on any atom is 0.290 e. The van der Waals surface area contributed by atoms with E-state index in [1.165, 1.54) is 11.3 Å². The van der Waals surface area contributed by atoms with Crippen molar-refractivity contribution in [3.8, 4) is 0 Å². The van der Waals surface area contributed by atoms with Crippen molar-refractivity contribution in [3.63, 3.8) is 0 Å². The van der Waals surface area contributed by atoms with E-state index >= 15 is 0 Å². The van der Waals surface area contributed by atoms with Crippen LogP contribution in [0.3, 0.4) is 0 Å². The molecule has 3 rings (SSSR count). The molecule has 0 bridgehead atoms. The molecule has 0 unspecified atom stereocenters. The first-order valence-corrected chi connectivity index (χ1v) is 10.9. The lowest BCUT2D eigenvalue weighted by atomic mass is 9.95. The molecule has 2 heterocycles. The second-order valence-electron chi connectivity index (χ2n) is 7.35. The molecule has 0 spiro atoms. The number of aryl methyl sites for hydroxylation is 2. The number of hydrogen-bond acceptors (Lipinski definition) is 6. The van der Waals surface area contributed by atoms with E-state index in [9.17, 15) is 14.7 Å². The summed E-state index contributed by atoms with van der Waals surface area (Å²) in [5, 5.41) is 11.5. The van der Waals surface area contributed by atoms with Crippen molar-refractivity contribution in [1.82, 2.24) is 14.8 Å². The highest BCUT2D eigenvalue weighted by molar-refractivity contribution is 9.10. The maximum absolute atomic E-state index is 13.4. The average molecular weight is 478 g/mol. The number of nitrogens with zero attached hydrogens (tertiary/aromatic N) is 3. The van der Waals surface area contributed by atoms with Gasteiger partial charge in [-0.05, 0) is 58.6 Å². The standard InChI is InChI=1S/C21H24BrN3O3S/c1-12-20(29-13(2)23-12)18(26)16-17(14-7-5-8-15(22)11-14)25(21(28)19(16)27)10-6-9-24(3)4/h5,7-8,11,17,27H,6,9-10H2,1-4H3/t17-/m0/s1. The van der Waals surface area contributed by atoms with Gasteiger partial charge < -0.3 is 14.9 Å². The molecule has 1 N–H and O–H groups in total. The van der Waals surface area contributed by atoms with Gasteiger partial charge in [0, 0.05) is 11.0 Å². The van der Waals surface area contributed by atoms with Crippen molar-refractivity contribution >= 4 is 39.0 Å². The predicted octanol–water partition coefficient (Wildman–Crippen LogP) is 4.05. The predicted molar refractivity (Wildman–Crippen MR) is 117 cm³/mol. The van der Waals surface area contributed by atoms with E-state index in [1.54, 1.807) is 11.8 Å². The van der Waals surface area contributed by atoms with Crippen molar-refractivity contribution in [1.29, 1.82) is 0 Å². The van der Waals surface area contributed by atoms with E-state index in [4.69, 9.17) is 0 Å². The Kier molecular flexibility index (Phi) is 6.55. The van der Waals surface area contributed by atoms with Gasteiger partial charge in [0.15, 0.2) is 5.76 Å². The summed E-state index contributed by atoms with van der Waals surface area (Å²) in [5.74, 6) is -1.30. The van der Waals surface area contributed by atoms with Gasteiger partial charge in [-0.1, -0.05) is 28.1 Å². The number of aromatic nitrogens is 1. The van der Waals surface area contributed by atoms with Crippen molar-refractivity contribution in [3.05, 3.63) is 61.2 Å². The zero-order valence-corrected chi connectivity index (χ0v) is 19.3. The highest BCUT2D eigenvalue weighted by Crippen LogP contribution is 2.40.